The van der Waals surface area contributed by atoms with Crippen molar-refractivity contribution in [1.82, 2.24) is 0 Å². The van der Waals surface area contributed by atoms with Gasteiger partial charge in [-0.25, -0.2) is 0 Å². The van der Waals surface area contributed by atoms with Crippen LogP contribution in [0.15, 0.2) is 61.2 Å². The van der Waals surface area contributed by atoms with Crippen LogP contribution in [0.2, 0.25) is 0 Å². The molecule has 0 spiro atoms. The predicted molar refractivity (Wildman–Crippen MR) is 76.9 cm³/mol. The minimum absolute atomic E-state index is 0.106. The summed E-state index contributed by atoms with van der Waals surface area (Å²) >= 11 is 0. The number of hydrogen-bond donors (Lipinski definition) is 0. The van der Waals surface area contributed by atoms with Crippen molar-refractivity contribution in [2.75, 3.05) is 0 Å². The normalized spacial score (nSPS) is 10.0. The molecule has 0 fully saturated rings. The second kappa shape index (κ2) is 5.93. The summed E-state index contributed by atoms with van der Waals surface area (Å²) in [5.41, 5.74) is 1.22. The van der Waals surface area contributed by atoms with Gasteiger partial charge in [0.05, 0.1) is 4.92 Å². The van der Waals surface area contributed by atoms with Gasteiger partial charge in [-0.15, -0.1) is 6.58 Å². The Morgan fingerprint density at radius 2 is 1.70 bits per heavy atom. The molecule has 0 saturated heterocycles. The molecular weight excluding hydrogens is 254 g/mol. The summed E-state index contributed by atoms with van der Waals surface area (Å²) in [4.78, 5) is 23.0. The van der Waals surface area contributed by atoms with Gasteiger partial charge in [-0.2, -0.15) is 0 Å². The molecule has 0 radical (unpaired) electrons. The molecule has 0 aliphatic heterocycles. The fraction of sp³-hybridized carbons (Fsp3) is 0.0625. The standard InChI is InChI=1S/C16H13NO3/c1-2-7-12-8-3-4-9-13(12)16(18)14-10-5-6-11-15(14)17(19)20/h2-6,8-11H,1,7H2. The van der Waals surface area contributed by atoms with Crippen LogP contribution in [-0.2, 0) is 6.42 Å². The number of para-hydroxylation sites is 1. The van der Waals surface area contributed by atoms with Gasteiger partial charge in [0.15, 0.2) is 5.78 Å². The third-order valence-corrected chi connectivity index (χ3v) is 2.97. The quantitative estimate of drug-likeness (QED) is 0.360. The summed E-state index contributed by atoms with van der Waals surface area (Å²) in [6, 6.07) is 13.1. The van der Waals surface area contributed by atoms with Crippen molar-refractivity contribution in [3.63, 3.8) is 0 Å². The molecule has 2 rings (SSSR count). The first-order valence-electron chi connectivity index (χ1n) is 6.12. The molecular formula is C16H13NO3. The third kappa shape index (κ3) is 2.64. The van der Waals surface area contributed by atoms with E-state index in [9.17, 15) is 14.9 Å². The van der Waals surface area contributed by atoms with Crippen molar-refractivity contribution in [3.8, 4) is 0 Å². The average Bonchev–Trinajstić information content (AvgIpc) is 2.47. The minimum Gasteiger partial charge on any atom is -0.288 e. The monoisotopic (exact) mass is 267 g/mol. The van der Waals surface area contributed by atoms with E-state index in [4.69, 9.17) is 0 Å². The van der Waals surface area contributed by atoms with E-state index in [1.807, 2.05) is 12.1 Å². The molecule has 0 bridgehead atoms. The SMILES string of the molecule is C=CCc1ccccc1C(=O)c1ccccc1[N+](=O)[O-]. The highest BCUT2D eigenvalue weighted by atomic mass is 16.6. The Labute approximate surface area is 116 Å². The number of carbonyl (C=O) groups is 1. The topological polar surface area (TPSA) is 60.2 Å². The van der Waals surface area contributed by atoms with E-state index >= 15 is 0 Å². The van der Waals surface area contributed by atoms with Gasteiger partial charge in [0.25, 0.3) is 5.69 Å². The van der Waals surface area contributed by atoms with Gasteiger partial charge in [-0.1, -0.05) is 42.5 Å². The Kier molecular flexibility index (Phi) is 4.05. The molecule has 2 aromatic carbocycles. The summed E-state index contributed by atoms with van der Waals surface area (Å²) < 4.78 is 0. The lowest BCUT2D eigenvalue weighted by molar-refractivity contribution is -0.385. The highest BCUT2D eigenvalue weighted by molar-refractivity contribution is 6.12. The molecule has 0 atom stereocenters. The number of benzene rings is 2. The van der Waals surface area contributed by atoms with Gasteiger partial charge >= 0.3 is 0 Å². The summed E-state index contributed by atoms with van der Waals surface area (Å²) in [6.07, 6.45) is 2.24. The smallest absolute Gasteiger partial charge is 0.280 e. The van der Waals surface area contributed by atoms with E-state index in [0.29, 0.717) is 12.0 Å². The highest BCUT2D eigenvalue weighted by Crippen LogP contribution is 2.23. The molecule has 0 amide bonds. The molecule has 20 heavy (non-hydrogen) atoms. The molecule has 0 heterocycles. The van der Waals surface area contributed by atoms with Crippen LogP contribution in [0.3, 0.4) is 0 Å². The van der Waals surface area contributed by atoms with E-state index in [1.165, 1.54) is 12.1 Å². The van der Waals surface area contributed by atoms with Crippen molar-refractivity contribution in [2.45, 2.75) is 6.42 Å². The van der Waals surface area contributed by atoms with Crippen LogP contribution in [0.4, 0.5) is 5.69 Å². The second-order valence-electron chi connectivity index (χ2n) is 4.25. The van der Waals surface area contributed by atoms with Gasteiger partial charge in [0.1, 0.15) is 5.56 Å². The van der Waals surface area contributed by atoms with E-state index in [0.717, 1.165) is 5.56 Å². The Hall–Kier alpha value is -2.75. The Morgan fingerprint density at radius 3 is 2.35 bits per heavy atom. The lowest BCUT2D eigenvalue weighted by Gasteiger charge is -2.07. The zero-order chi connectivity index (χ0) is 14.5. The number of carbonyl (C=O) groups excluding carboxylic acids is 1. The van der Waals surface area contributed by atoms with E-state index in [1.54, 1.807) is 30.3 Å². The fourth-order valence-corrected chi connectivity index (χ4v) is 2.05. The third-order valence-electron chi connectivity index (χ3n) is 2.97. The van der Waals surface area contributed by atoms with Crippen LogP contribution in [0.1, 0.15) is 21.5 Å². The van der Waals surface area contributed by atoms with Crippen LogP contribution >= 0.6 is 0 Å². The van der Waals surface area contributed by atoms with Crippen LogP contribution in [-0.4, -0.2) is 10.7 Å². The van der Waals surface area contributed by atoms with E-state index in [2.05, 4.69) is 6.58 Å². The van der Waals surface area contributed by atoms with Crippen molar-refractivity contribution in [1.29, 1.82) is 0 Å². The molecule has 0 aliphatic carbocycles. The molecule has 4 nitrogen and oxygen atoms in total. The second-order valence-corrected chi connectivity index (χ2v) is 4.25. The van der Waals surface area contributed by atoms with Crippen molar-refractivity contribution in [3.05, 3.63) is 88.0 Å². The fourth-order valence-electron chi connectivity index (χ4n) is 2.05. The largest absolute Gasteiger partial charge is 0.288 e. The predicted octanol–water partition coefficient (Wildman–Crippen LogP) is 3.55. The number of ketones is 1. The molecule has 4 heteroatoms. The molecule has 0 N–H and O–H groups in total. The molecule has 2 aromatic rings. The van der Waals surface area contributed by atoms with Gasteiger partial charge in [-0.3, -0.25) is 14.9 Å². The molecule has 0 aliphatic rings. The number of nitro benzene ring substituents is 1. The van der Waals surface area contributed by atoms with Gasteiger partial charge < -0.3 is 0 Å². The lowest BCUT2D eigenvalue weighted by Crippen LogP contribution is -2.08. The Bertz CT molecular complexity index is 677. The number of nitrogens with zero attached hydrogens (tertiary/aromatic N) is 1. The molecule has 0 aromatic heterocycles. The van der Waals surface area contributed by atoms with Gasteiger partial charge in [0, 0.05) is 11.6 Å². The summed E-state index contributed by atoms with van der Waals surface area (Å²) in [5, 5.41) is 11.0. The molecule has 0 saturated carbocycles. The number of nitro groups is 1. The van der Waals surface area contributed by atoms with Crippen LogP contribution in [0.5, 0.6) is 0 Å². The van der Waals surface area contributed by atoms with Gasteiger partial charge in [0.2, 0.25) is 0 Å². The van der Waals surface area contributed by atoms with Crippen LogP contribution in [0, 0.1) is 10.1 Å². The maximum Gasteiger partial charge on any atom is 0.280 e. The van der Waals surface area contributed by atoms with Gasteiger partial charge in [-0.05, 0) is 18.1 Å². The van der Waals surface area contributed by atoms with E-state index in [-0.39, 0.29) is 17.0 Å². The number of rotatable bonds is 5. The number of hydrogen-bond acceptors (Lipinski definition) is 3. The zero-order valence-corrected chi connectivity index (χ0v) is 10.8. The first-order valence-corrected chi connectivity index (χ1v) is 6.12. The number of allylic oxidation sites excluding steroid dienone is 1. The molecule has 0 unspecified atom stereocenters. The first-order chi connectivity index (χ1) is 9.65. The summed E-state index contributed by atoms with van der Waals surface area (Å²) in [7, 11) is 0. The van der Waals surface area contributed by atoms with Crippen LogP contribution < -0.4 is 0 Å². The first kappa shape index (κ1) is 13.7. The summed E-state index contributed by atoms with van der Waals surface area (Å²) in [5.74, 6) is -0.338. The maximum atomic E-state index is 12.5. The van der Waals surface area contributed by atoms with E-state index < -0.39 is 4.92 Å². The zero-order valence-electron chi connectivity index (χ0n) is 10.8. The Morgan fingerprint density at radius 1 is 1.10 bits per heavy atom. The van der Waals surface area contributed by atoms with Crippen molar-refractivity contribution < 1.29 is 9.72 Å². The summed E-state index contributed by atoms with van der Waals surface area (Å²) in [6.45, 7) is 3.66. The molecule has 100 valence electrons. The minimum atomic E-state index is -0.538. The average molecular weight is 267 g/mol. The lowest BCUT2D eigenvalue weighted by atomic mass is 9.96. The van der Waals surface area contributed by atoms with Crippen LogP contribution in [0.25, 0.3) is 0 Å². The highest BCUT2D eigenvalue weighted by Gasteiger charge is 2.21. The van der Waals surface area contributed by atoms with Crippen molar-refractivity contribution in [2.24, 2.45) is 0 Å². The van der Waals surface area contributed by atoms with Crippen molar-refractivity contribution >= 4 is 11.5 Å². The maximum absolute atomic E-state index is 12.5. The Balaban J connectivity index is 2.52.